The fraction of sp³-hybridized carbons (Fsp3) is 0.188. The summed E-state index contributed by atoms with van der Waals surface area (Å²) in [6.45, 7) is -0.610. The van der Waals surface area contributed by atoms with E-state index >= 15 is 0 Å². The number of sulfonamides is 1. The molecule has 0 aromatic heterocycles. The van der Waals surface area contributed by atoms with Crippen LogP contribution in [0.1, 0.15) is 12.0 Å². The number of alkyl halides is 3. The van der Waals surface area contributed by atoms with Crippen molar-refractivity contribution in [3.8, 4) is 0 Å². The lowest BCUT2D eigenvalue weighted by atomic mass is 10.2. The van der Waals surface area contributed by atoms with Crippen LogP contribution in [0.25, 0.3) is 0 Å². The zero-order valence-corrected chi connectivity index (χ0v) is 15.7. The van der Waals surface area contributed by atoms with Gasteiger partial charge in [-0.25, -0.2) is 8.42 Å². The molecule has 1 N–H and O–H groups in total. The maximum atomic E-state index is 13.0. The Hall–Kier alpha value is -1.97. The summed E-state index contributed by atoms with van der Waals surface area (Å²) in [4.78, 5) is 10.6. The van der Waals surface area contributed by atoms with Crippen LogP contribution in [0.5, 0.6) is 0 Å². The van der Waals surface area contributed by atoms with Crippen molar-refractivity contribution in [1.29, 1.82) is 0 Å². The molecule has 0 aliphatic heterocycles. The monoisotopic (exact) mass is 441 g/mol. The molecule has 2 rings (SSSR count). The molecule has 0 spiro atoms. The first-order valence-corrected chi connectivity index (χ1v) is 9.49. The second kappa shape index (κ2) is 7.95. The average Bonchev–Trinajstić information content (AvgIpc) is 2.55. The molecule has 0 saturated carbocycles. The summed E-state index contributed by atoms with van der Waals surface area (Å²) in [6.07, 6.45) is -5.37. The molecule has 0 heterocycles. The molecule has 0 atom stereocenters. The van der Waals surface area contributed by atoms with Crippen LogP contribution in [0.3, 0.4) is 0 Å². The molecule has 0 bridgehead atoms. The third-order valence-electron chi connectivity index (χ3n) is 3.47. The predicted octanol–water partition coefficient (Wildman–Crippen LogP) is 4.68. The van der Waals surface area contributed by atoms with Gasteiger partial charge in [0.25, 0.3) is 10.0 Å². The van der Waals surface area contributed by atoms with Crippen LogP contribution in [-0.4, -0.2) is 26.0 Å². The van der Waals surface area contributed by atoms with Crippen molar-refractivity contribution < 1.29 is 31.5 Å². The Morgan fingerprint density at radius 1 is 1.07 bits per heavy atom. The number of carbonyl (C=O) groups is 1. The molecule has 0 aliphatic rings. The highest BCUT2D eigenvalue weighted by atomic mass is 35.5. The fourth-order valence-corrected chi connectivity index (χ4v) is 4.05. The summed E-state index contributed by atoms with van der Waals surface area (Å²) >= 11 is 11.7. The number of hydrogen-bond donors (Lipinski definition) is 1. The van der Waals surface area contributed by atoms with Gasteiger partial charge in [0.05, 0.1) is 27.6 Å². The summed E-state index contributed by atoms with van der Waals surface area (Å²) < 4.78 is 65.4. The smallest absolute Gasteiger partial charge is 0.416 e. The van der Waals surface area contributed by atoms with Gasteiger partial charge in [-0.05, 0) is 42.5 Å². The van der Waals surface area contributed by atoms with Gasteiger partial charge in [-0.3, -0.25) is 9.10 Å². The summed E-state index contributed by atoms with van der Waals surface area (Å²) in [5, 5.41) is 8.86. The first kappa shape index (κ1) is 21.3. The standard InChI is InChI=1S/C16H12Cl2F3NO4S/c17-11-2-4-12(5-3-11)27(25,26)22(8-7-15(23)24)14-9-10(16(19,20)21)1-6-13(14)18/h1-6,9H,7-8H2,(H,23,24). The molecular formula is C16H12Cl2F3NO4S. The van der Waals surface area contributed by atoms with E-state index in [0.717, 1.165) is 18.2 Å². The van der Waals surface area contributed by atoms with Crippen LogP contribution in [0.2, 0.25) is 10.0 Å². The third kappa shape index (κ3) is 5.06. The van der Waals surface area contributed by atoms with E-state index in [2.05, 4.69) is 0 Å². The number of aliphatic carboxylic acids is 1. The van der Waals surface area contributed by atoms with E-state index in [9.17, 15) is 26.4 Å². The molecular weight excluding hydrogens is 430 g/mol. The topological polar surface area (TPSA) is 74.7 Å². The van der Waals surface area contributed by atoms with E-state index in [4.69, 9.17) is 28.3 Å². The van der Waals surface area contributed by atoms with Crippen LogP contribution in [0.15, 0.2) is 47.4 Å². The highest BCUT2D eigenvalue weighted by molar-refractivity contribution is 7.92. The van der Waals surface area contributed by atoms with Gasteiger partial charge in [0.15, 0.2) is 0 Å². The number of rotatable bonds is 6. The Kier molecular flexibility index (Phi) is 6.28. The first-order chi connectivity index (χ1) is 12.4. The number of benzene rings is 2. The minimum Gasteiger partial charge on any atom is -0.481 e. The van der Waals surface area contributed by atoms with E-state index in [1.807, 2.05) is 0 Å². The van der Waals surface area contributed by atoms with E-state index in [1.54, 1.807) is 0 Å². The van der Waals surface area contributed by atoms with Crippen molar-refractivity contribution in [2.24, 2.45) is 0 Å². The number of anilines is 1. The number of nitrogens with zero attached hydrogens (tertiary/aromatic N) is 1. The van der Waals surface area contributed by atoms with Gasteiger partial charge in [0, 0.05) is 11.6 Å². The van der Waals surface area contributed by atoms with Crippen LogP contribution >= 0.6 is 23.2 Å². The Bertz CT molecular complexity index is 947. The lowest BCUT2D eigenvalue weighted by Gasteiger charge is -2.25. The minimum atomic E-state index is -4.73. The zero-order valence-electron chi connectivity index (χ0n) is 13.4. The van der Waals surface area contributed by atoms with Gasteiger partial charge in [0.2, 0.25) is 0 Å². The van der Waals surface area contributed by atoms with Gasteiger partial charge in [0.1, 0.15) is 0 Å². The molecule has 2 aromatic carbocycles. The maximum absolute atomic E-state index is 13.0. The van der Waals surface area contributed by atoms with Crippen molar-refractivity contribution in [1.82, 2.24) is 0 Å². The molecule has 0 radical (unpaired) electrons. The summed E-state index contributed by atoms with van der Waals surface area (Å²) in [5.74, 6) is -1.32. The average molecular weight is 442 g/mol. The maximum Gasteiger partial charge on any atom is 0.416 e. The third-order valence-corrected chi connectivity index (χ3v) is 5.87. The Morgan fingerprint density at radius 3 is 2.19 bits per heavy atom. The zero-order chi connectivity index (χ0) is 20.4. The number of carboxylic acid groups (broad SMARTS) is 1. The van der Waals surface area contributed by atoms with Gasteiger partial charge in [-0.1, -0.05) is 23.2 Å². The molecule has 2 aromatic rings. The molecule has 0 aliphatic carbocycles. The molecule has 0 amide bonds. The Morgan fingerprint density at radius 2 is 1.67 bits per heavy atom. The molecule has 11 heteroatoms. The number of carboxylic acids is 1. The van der Waals surface area contributed by atoms with Gasteiger partial charge < -0.3 is 5.11 Å². The number of hydrogen-bond acceptors (Lipinski definition) is 3. The van der Waals surface area contributed by atoms with E-state index in [0.29, 0.717) is 16.4 Å². The summed E-state index contributed by atoms with van der Waals surface area (Å²) in [7, 11) is -4.39. The van der Waals surface area contributed by atoms with Crippen LogP contribution in [0.4, 0.5) is 18.9 Å². The van der Waals surface area contributed by atoms with Crippen LogP contribution in [-0.2, 0) is 21.0 Å². The second-order valence-electron chi connectivity index (χ2n) is 5.34. The van der Waals surface area contributed by atoms with Crippen LogP contribution < -0.4 is 4.31 Å². The quantitative estimate of drug-likeness (QED) is 0.705. The molecule has 0 fully saturated rings. The normalized spacial score (nSPS) is 12.0. The molecule has 0 unspecified atom stereocenters. The van der Waals surface area contributed by atoms with Crippen molar-refractivity contribution in [3.05, 3.63) is 58.1 Å². The first-order valence-electron chi connectivity index (χ1n) is 7.30. The van der Waals surface area contributed by atoms with Crippen molar-refractivity contribution >= 4 is 44.9 Å². The van der Waals surface area contributed by atoms with Gasteiger partial charge in [-0.2, -0.15) is 13.2 Å². The fourth-order valence-electron chi connectivity index (χ4n) is 2.18. The largest absolute Gasteiger partial charge is 0.481 e. The lowest BCUT2D eigenvalue weighted by molar-refractivity contribution is -0.138. The second-order valence-corrected chi connectivity index (χ2v) is 8.04. The molecule has 146 valence electrons. The van der Waals surface area contributed by atoms with Crippen molar-refractivity contribution in [2.45, 2.75) is 17.5 Å². The summed E-state index contributed by atoms with van der Waals surface area (Å²) in [6, 6.07) is 7.08. The SMILES string of the molecule is O=C(O)CCN(c1cc(C(F)(F)F)ccc1Cl)S(=O)(=O)c1ccc(Cl)cc1. The molecule has 27 heavy (non-hydrogen) atoms. The Balaban J connectivity index is 2.61. The summed E-state index contributed by atoms with van der Waals surface area (Å²) in [5.41, 5.74) is -1.59. The highest BCUT2D eigenvalue weighted by Crippen LogP contribution is 2.37. The van der Waals surface area contributed by atoms with Gasteiger partial charge >= 0.3 is 12.1 Å². The predicted molar refractivity (Wildman–Crippen MR) is 94.7 cm³/mol. The molecule has 5 nitrogen and oxygen atoms in total. The molecule has 0 saturated heterocycles. The van der Waals surface area contributed by atoms with Gasteiger partial charge in [-0.15, -0.1) is 0 Å². The minimum absolute atomic E-state index is 0.253. The van der Waals surface area contributed by atoms with E-state index in [-0.39, 0.29) is 14.9 Å². The highest BCUT2D eigenvalue weighted by Gasteiger charge is 2.34. The van der Waals surface area contributed by atoms with Crippen molar-refractivity contribution in [3.63, 3.8) is 0 Å². The van der Waals surface area contributed by atoms with E-state index < -0.39 is 46.4 Å². The van der Waals surface area contributed by atoms with Crippen LogP contribution in [0, 0.1) is 0 Å². The lowest BCUT2D eigenvalue weighted by Crippen LogP contribution is -2.33. The van der Waals surface area contributed by atoms with E-state index in [1.165, 1.54) is 12.1 Å². The number of halogens is 5. The Labute approximate surface area is 163 Å². The van der Waals surface area contributed by atoms with Crippen molar-refractivity contribution in [2.75, 3.05) is 10.8 Å².